The third-order valence-electron chi connectivity index (χ3n) is 6.75. The fourth-order valence-electron chi connectivity index (χ4n) is 4.78. The zero-order valence-electron chi connectivity index (χ0n) is 21.9. The molecule has 0 saturated carbocycles. The monoisotopic (exact) mass is 564 g/mol. The number of esters is 1. The van der Waals surface area contributed by atoms with Gasteiger partial charge in [0.2, 0.25) is 5.91 Å². The summed E-state index contributed by atoms with van der Waals surface area (Å²) >= 11 is 12.2. The summed E-state index contributed by atoms with van der Waals surface area (Å²) in [6, 6.07) is 21.9. The van der Waals surface area contributed by atoms with E-state index in [0.29, 0.717) is 39.8 Å². The molecule has 39 heavy (non-hydrogen) atoms. The van der Waals surface area contributed by atoms with Crippen molar-refractivity contribution in [1.29, 1.82) is 0 Å². The zero-order valence-corrected chi connectivity index (χ0v) is 23.4. The Bertz CT molecular complexity index is 1400. The van der Waals surface area contributed by atoms with Crippen molar-refractivity contribution < 1.29 is 19.1 Å². The minimum absolute atomic E-state index is 0.0934. The highest BCUT2D eigenvalue weighted by atomic mass is 35.5. The van der Waals surface area contributed by atoms with Crippen molar-refractivity contribution in [3.05, 3.63) is 116 Å². The number of ether oxygens (including phenoxy) is 1. The van der Waals surface area contributed by atoms with E-state index in [9.17, 15) is 14.4 Å². The maximum atomic E-state index is 13.3. The predicted molar refractivity (Wildman–Crippen MR) is 153 cm³/mol. The maximum Gasteiger partial charge on any atom is 0.336 e. The number of amides is 2. The topological polar surface area (TPSA) is 75.7 Å². The molecule has 2 amide bonds. The molecule has 202 valence electrons. The van der Waals surface area contributed by atoms with Gasteiger partial charge in [-0.1, -0.05) is 71.7 Å². The smallest absolute Gasteiger partial charge is 0.336 e. The molecule has 1 aliphatic rings. The van der Waals surface area contributed by atoms with Gasteiger partial charge >= 0.3 is 5.97 Å². The van der Waals surface area contributed by atoms with Gasteiger partial charge in [-0.2, -0.15) is 0 Å². The summed E-state index contributed by atoms with van der Waals surface area (Å²) in [6.07, 6.45) is 0.718. The minimum atomic E-state index is -0.421. The highest BCUT2D eigenvalue weighted by molar-refractivity contribution is 6.35. The van der Waals surface area contributed by atoms with Crippen molar-refractivity contribution in [1.82, 2.24) is 10.2 Å². The van der Waals surface area contributed by atoms with E-state index in [1.54, 1.807) is 49.1 Å². The van der Waals surface area contributed by atoms with Crippen LogP contribution in [0.3, 0.4) is 0 Å². The van der Waals surface area contributed by atoms with Crippen LogP contribution in [0, 0.1) is 0 Å². The summed E-state index contributed by atoms with van der Waals surface area (Å²) < 4.78 is 5.37. The molecule has 0 fully saturated rings. The van der Waals surface area contributed by atoms with Gasteiger partial charge in [-0.25, -0.2) is 4.79 Å². The van der Waals surface area contributed by atoms with E-state index in [2.05, 4.69) is 5.32 Å². The fraction of sp³-hybridized carbons (Fsp3) is 0.258. The second-order valence-electron chi connectivity index (χ2n) is 9.31. The van der Waals surface area contributed by atoms with Gasteiger partial charge in [0.15, 0.2) is 0 Å². The molecule has 8 heteroatoms. The van der Waals surface area contributed by atoms with Crippen LogP contribution in [0.1, 0.15) is 53.2 Å². The Hall–Kier alpha value is -3.61. The number of carbonyl (C=O) groups excluding carboxylic acids is 3. The first-order valence-corrected chi connectivity index (χ1v) is 13.6. The molecule has 1 aliphatic heterocycles. The van der Waals surface area contributed by atoms with Crippen molar-refractivity contribution in [2.75, 3.05) is 13.2 Å². The number of halogens is 2. The molecule has 0 bridgehead atoms. The number of hydrogen-bond donors (Lipinski definition) is 1. The lowest BCUT2D eigenvalue weighted by Gasteiger charge is -2.34. The summed E-state index contributed by atoms with van der Waals surface area (Å²) in [6.45, 7) is 4.42. The summed E-state index contributed by atoms with van der Waals surface area (Å²) in [4.78, 5) is 40.7. The summed E-state index contributed by atoms with van der Waals surface area (Å²) in [5.74, 6) is -1.12. The first kappa shape index (κ1) is 28.4. The lowest BCUT2D eigenvalue weighted by Crippen LogP contribution is -2.38. The number of rotatable bonds is 9. The Labute approximate surface area is 238 Å². The summed E-state index contributed by atoms with van der Waals surface area (Å²) in [5, 5.41) is 4.04. The van der Waals surface area contributed by atoms with Crippen molar-refractivity contribution in [3.63, 3.8) is 0 Å². The number of benzene rings is 3. The zero-order chi connectivity index (χ0) is 27.9. The maximum absolute atomic E-state index is 13.3. The Morgan fingerprint density at radius 3 is 2.51 bits per heavy atom. The van der Waals surface area contributed by atoms with Crippen LogP contribution in [-0.2, 0) is 27.3 Å². The van der Waals surface area contributed by atoms with Crippen LogP contribution in [0.5, 0.6) is 0 Å². The van der Waals surface area contributed by atoms with Crippen molar-refractivity contribution in [3.8, 4) is 0 Å². The van der Waals surface area contributed by atoms with Crippen LogP contribution in [0.15, 0.2) is 84.1 Å². The van der Waals surface area contributed by atoms with Crippen LogP contribution >= 0.6 is 23.2 Å². The Kier molecular flexibility index (Phi) is 9.44. The molecule has 1 atom stereocenters. The Morgan fingerprint density at radius 2 is 1.79 bits per heavy atom. The van der Waals surface area contributed by atoms with Crippen molar-refractivity contribution in [2.45, 2.75) is 39.2 Å². The van der Waals surface area contributed by atoms with Gasteiger partial charge in [-0.15, -0.1) is 0 Å². The van der Waals surface area contributed by atoms with E-state index < -0.39 is 5.97 Å². The van der Waals surface area contributed by atoms with Crippen molar-refractivity contribution in [2.24, 2.45) is 0 Å². The van der Waals surface area contributed by atoms with Crippen molar-refractivity contribution >= 4 is 41.0 Å². The van der Waals surface area contributed by atoms with Gasteiger partial charge in [0.1, 0.15) is 0 Å². The van der Waals surface area contributed by atoms with E-state index in [4.69, 9.17) is 27.9 Å². The molecule has 1 heterocycles. The molecule has 0 saturated heterocycles. The number of carbonyl (C=O) groups is 3. The summed E-state index contributed by atoms with van der Waals surface area (Å²) in [5.41, 5.74) is 4.09. The van der Waals surface area contributed by atoms with Crippen LogP contribution in [-0.4, -0.2) is 35.8 Å². The number of nitrogens with zero attached hydrogens (tertiary/aromatic N) is 1. The molecular weight excluding hydrogens is 535 g/mol. The van der Waals surface area contributed by atoms with Gasteiger partial charge in [-0.05, 0) is 61.2 Å². The van der Waals surface area contributed by atoms with Crippen LogP contribution < -0.4 is 5.32 Å². The molecule has 0 spiro atoms. The number of nitrogens with one attached hydrogen (secondary N) is 1. The highest BCUT2D eigenvalue weighted by Crippen LogP contribution is 2.37. The molecule has 4 rings (SSSR count). The first-order valence-electron chi connectivity index (χ1n) is 12.8. The standard InChI is InChI=1S/C31H30Cl2N2O4/c1-3-39-31(38)29-20(2)35(28(36)18-26(29)22-9-5-4-6-10-22)19-21-8-7-11-24(16-21)30(37)34-15-14-23-12-13-25(32)17-27(23)33/h4-13,16-17,26H,3,14-15,18-19H2,1-2H3,(H,34,37). The lowest BCUT2D eigenvalue weighted by molar-refractivity contribution is -0.140. The lowest BCUT2D eigenvalue weighted by atomic mass is 9.83. The molecule has 0 radical (unpaired) electrons. The van der Waals surface area contributed by atoms with Gasteiger partial charge in [0, 0.05) is 40.2 Å². The minimum Gasteiger partial charge on any atom is -0.463 e. The number of allylic oxidation sites excluding steroid dienone is 1. The molecule has 0 aromatic heterocycles. The van der Waals surface area contributed by atoms with Gasteiger partial charge < -0.3 is 15.0 Å². The van der Waals surface area contributed by atoms with E-state index in [1.165, 1.54) is 0 Å². The molecule has 1 unspecified atom stereocenters. The fourth-order valence-corrected chi connectivity index (χ4v) is 5.28. The average molecular weight is 565 g/mol. The van der Waals surface area contributed by atoms with Crippen LogP contribution in [0.2, 0.25) is 10.0 Å². The molecule has 6 nitrogen and oxygen atoms in total. The molecule has 3 aromatic carbocycles. The quantitative estimate of drug-likeness (QED) is 0.308. The average Bonchev–Trinajstić information content (AvgIpc) is 2.92. The summed E-state index contributed by atoms with van der Waals surface area (Å²) in [7, 11) is 0. The molecule has 1 N–H and O–H groups in total. The molecule has 0 aliphatic carbocycles. The normalized spacial score (nSPS) is 15.3. The Balaban J connectivity index is 1.50. The predicted octanol–water partition coefficient (Wildman–Crippen LogP) is 6.32. The van der Waals surface area contributed by atoms with Gasteiger partial charge in [-0.3, -0.25) is 9.59 Å². The number of hydrogen-bond acceptors (Lipinski definition) is 4. The Morgan fingerprint density at radius 1 is 1.03 bits per heavy atom. The molecule has 3 aromatic rings. The van der Waals surface area contributed by atoms with Crippen LogP contribution in [0.4, 0.5) is 0 Å². The highest BCUT2D eigenvalue weighted by Gasteiger charge is 2.36. The van der Waals surface area contributed by atoms with Gasteiger partial charge in [0.05, 0.1) is 18.7 Å². The van der Waals surface area contributed by atoms with Gasteiger partial charge in [0.25, 0.3) is 5.91 Å². The third kappa shape index (κ3) is 6.88. The first-order chi connectivity index (χ1) is 18.8. The van der Waals surface area contributed by atoms with Crippen LogP contribution in [0.25, 0.3) is 0 Å². The second kappa shape index (κ2) is 13.0. The SMILES string of the molecule is CCOC(=O)C1=C(C)N(Cc2cccc(C(=O)NCCc3ccc(Cl)cc3Cl)c2)C(=O)CC1c1ccccc1. The van der Waals surface area contributed by atoms with E-state index >= 15 is 0 Å². The van der Waals surface area contributed by atoms with E-state index in [1.807, 2.05) is 42.5 Å². The van der Waals surface area contributed by atoms with E-state index in [-0.39, 0.29) is 37.3 Å². The second-order valence-corrected chi connectivity index (χ2v) is 10.2. The largest absolute Gasteiger partial charge is 0.463 e. The third-order valence-corrected chi connectivity index (χ3v) is 7.33. The van der Waals surface area contributed by atoms with E-state index in [0.717, 1.165) is 16.7 Å². The molecular formula is C31H30Cl2N2O4.